The highest BCUT2D eigenvalue weighted by Crippen LogP contribution is 2.29. The number of para-hydroxylation sites is 1. The van der Waals surface area contributed by atoms with Crippen LogP contribution in [-0.4, -0.2) is 45.3 Å². The third-order valence-electron chi connectivity index (χ3n) is 3.34. The zero-order chi connectivity index (χ0) is 16.3. The average molecular weight is 321 g/mol. The molecule has 1 aromatic rings. The number of urea groups is 1. The lowest BCUT2D eigenvalue weighted by atomic mass is 10.1. The largest absolute Gasteiger partial charge is 0.394 e. The molecule has 1 N–H and O–H groups in total. The first kappa shape index (κ1) is 16.8. The third-order valence-corrected chi connectivity index (χ3v) is 4.27. The highest BCUT2D eigenvalue weighted by molar-refractivity contribution is 8.14. The SMILES string of the molecule is CC(C)N1C(=O)N(c2ccccc2)CSC1=NC(C)(C)CO. The van der Waals surface area contributed by atoms with Gasteiger partial charge in [0.05, 0.1) is 18.0 Å². The van der Waals surface area contributed by atoms with Crippen LogP contribution >= 0.6 is 11.8 Å². The molecule has 0 radical (unpaired) electrons. The van der Waals surface area contributed by atoms with Crippen LogP contribution in [0.1, 0.15) is 27.7 Å². The van der Waals surface area contributed by atoms with Crippen molar-refractivity contribution in [3.05, 3.63) is 30.3 Å². The second-order valence-corrected chi connectivity index (χ2v) is 7.06. The van der Waals surface area contributed by atoms with Gasteiger partial charge in [-0.05, 0) is 39.8 Å². The molecule has 120 valence electrons. The van der Waals surface area contributed by atoms with Crippen molar-refractivity contribution in [2.45, 2.75) is 39.3 Å². The number of nitrogens with zero attached hydrogens (tertiary/aromatic N) is 3. The van der Waals surface area contributed by atoms with Gasteiger partial charge < -0.3 is 5.11 Å². The molecule has 2 amide bonds. The summed E-state index contributed by atoms with van der Waals surface area (Å²) in [5, 5.41) is 10.1. The van der Waals surface area contributed by atoms with Crippen molar-refractivity contribution in [3.8, 4) is 0 Å². The van der Waals surface area contributed by atoms with Gasteiger partial charge in [-0.15, -0.1) is 0 Å². The fourth-order valence-corrected chi connectivity index (χ4v) is 3.32. The number of amides is 2. The Kier molecular flexibility index (Phi) is 5.13. The number of aliphatic imine (C=N–C) groups is 1. The first-order valence-corrected chi connectivity index (χ1v) is 8.33. The number of amidine groups is 1. The van der Waals surface area contributed by atoms with E-state index in [0.717, 1.165) is 5.69 Å². The van der Waals surface area contributed by atoms with Gasteiger partial charge in [-0.2, -0.15) is 0 Å². The second-order valence-electron chi connectivity index (χ2n) is 6.15. The summed E-state index contributed by atoms with van der Waals surface area (Å²) >= 11 is 1.52. The number of aliphatic hydroxyl groups is 1. The first-order valence-electron chi connectivity index (χ1n) is 7.35. The molecule has 0 aliphatic carbocycles. The molecule has 1 aromatic carbocycles. The number of hydrogen-bond acceptors (Lipinski definition) is 4. The van der Waals surface area contributed by atoms with E-state index in [1.54, 1.807) is 9.80 Å². The van der Waals surface area contributed by atoms with E-state index in [1.807, 2.05) is 58.0 Å². The molecular formula is C16H23N3O2S. The lowest BCUT2D eigenvalue weighted by Crippen LogP contribution is -2.53. The van der Waals surface area contributed by atoms with E-state index < -0.39 is 5.54 Å². The topological polar surface area (TPSA) is 56.1 Å². The minimum Gasteiger partial charge on any atom is -0.394 e. The van der Waals surface area contributed by atoms with Gasteiger partial charge in [-0.25, -0.2) is 4.79 Å². The molecule has 22 heavy (non-hydrogen) atoms. The quantitative estimate of drug-likeness (QED) is 0.927. The van der Waals surface area contributed by atoms with Crippen molar-refractivity contribution in [1.82, 2.24) is 4.90 Å². The average Bonchev–Trinajstić information content (AvgIpc) is 2.47. The maximum Gasteiger partial charge on any atom is 0.331 e. The fourth-order valence-electron chi connectivity index (χ4n) is 2.07. The molecule has 1 aliphatic heterocycles. The van der Waals surface area contributed by atoms with Crippen LogP contribution in [0.15, 0.2) is 35.3 Å². The Morgan fingerprint density at radius 1 is 1.32 bits per heavy atom. The molecule has 0 unspecified atom stereocenters. The molecule has 1 saturated heterocycles. The summed E-state index contributed by atoms with van der Waals surface area (Å²) in [6, 6.07) is 9.55. The van der Waals surface area contributed by atoms with Crippen molar-refractivity contribution in [2.24, 2.45) is 4.99 Å². The lowest BCUT2D eigenvalue weighted by molar-refractivity contribution is 0.213. The van der Waals surface area contributed by atoms with Gasteiger partial charge in [0.1, 0.15) is 0 Å². The standard InChI is InChI=1S/C16H23N3O2S/c1-12(2)19-14(17-16(3,4)10-20)22-11-18(15(19)21)13-8-6-5-7-9-13/h5-9,12,20H,10-11H2,1-4H3. The summed E-state index contributed by atoms with van der Waals surface area (Å²) < 4.78 is 0. The minimum atomic E-state index is -0.593. The molecule has 0 spiro atoms. The van der Waals surface area contributed by atoms with E-state index in [1.165, 1.54) is 11.8 Å². The monoisotopic (exact) mass is 321 g/mol. The molecule has 5 nitrogen and oxygen atoms in total. The smallest absolute Gasteiger partial charge is 0.331 e. The van der Waals surface area contributed by atoms with Crippen LogP contribution in [0.25, 0.3) is 0 Å². The van der Waals surface area contributed by atoms with Crippen molar-refractivity contribution >= 4 is 28.6 Å². The fraction of sp³-hybridized carbons (Fsp3) is 0.500. The number of hydrogen-bond donors (Lipinski definition) is 1. The van der Waals surface area contributed by atoms with Crippen molar-refractivity contribution in [1.29, 1.82) is 0 Å². The van der Waals surface area contributed by atoms with Gasteiger partial charge in [-0.3, -0.25) is 14.8 Å². The van der Waals surface area contributed by atoms with E-state index in [4.69, 9.17) is 0 Å². The van der Waals surface area contributed by atoms with Crippen LogP contribution < -0.4 is 4.90 Å². The molecule has 0 bridgehead atoms. The van der Waals surface area contributed by atoms with Crippen molar-refractivity contribution in [2.75, 3.05) is 17.4 Å². The summed E-state index contributed by atoms with van der Waals surface area (Å²) in [7, 11) is 0. The Bertz CT molecular complexity index is 558. The molecule has 6 heteroatoms. The number of aliphatic hydroxyl groups excluding tert-OH is 1. The predicted octanol–water partition coefficient (Wildman–Crippen LogP) is 3.15. The zero-order valence-corrected chi connectivity index (χ0v) is 14.3. The van der Waals surface area contributed by atoms with Crippen LogP contribution in [0.4, 0.5) is 10.5 Å². The summed E-state index contributed by atoms with van der Waals surface area (Å²) in [5.41, 5.74) is 0.288. The second kappa shape index (κ2) is 6.71. The van der Waals surface area contributed by atoms with E-state index in [-0.39, 0.29) is 18.7 Å². The summed E-state index contributed by atoms with van der Waals surface area (Å²) in [6.07, 6.45) is 0. The van der Waals surface area contributed by atoms with Crippen molar-refractivity contribution < 1.29 is 9.90 Å². The van der Waals surface area contributed by atoms with Gasteiger partial charge in [0.25, 0.3) is 0 Å². The van der Waals surface area contributed by atoms with Gasteiger partial charge in [0.15, 0.2) is 5.17 Å². The summed E-state index contributed by atoms with van der Waals surface area (Å²) in [5.74, 6) is 0.520. The Morgan fingerprint density at radius 2 is 1.95 bits per heavy atom. The number of rotatable bonds is 4. The van der Waals surface area contributed by atoms with Gasteiger partial charge in [0.2, 0.25) is 0 Å². The Balaban J connectivity index is 2.32. The predicted molar refractivity (Wildman–Crippen MR) is 92.3 cm³/mol. The van der Waals surface area contributed by atoms with Crippen LogP contribution in [0, 0.1) is 0 Å². The maximum absolute atomic E-state index is 12.8. The number of thioether (sulfide) groups is 1. The molecular weight excluding hydrogens is 298 g/mol. The molecule has 1 heterocycles. The van der Waals surface area contributed by atoms with E-state index in [2.05, 4.69) is 4.99 Å². The van der Waals surface area contributed by atoms with Crippen LogP contribution in [0.2, 0.25) is 0 Å². The molecule has 0 aromatic heterocycles. The Morgan fingerprint density at radius 3 is 2.50 bits per heavy atom. The van der Waals surface area contributed by atoms with Crippen LogP contribution in [0.3, 0.4) is 0 Å². The highest BCUT2D eigenvalue weighted by Gasteiger charge is 2.35. The van der Waals surface area contributed by atoms with Crippen LogP contribution in [-0.2, 0) is 0 Å². The molecule has 0 saturated carbocycles. The molecule has 1 fully saturated rings. The number of anilines is 1. The molecule has 1 aliphatic rings. The lowest BCUT2D eigenvalue weighted by Gasteiger charge is -2.39. The van der Waals surface area contributed by atoms with Gasteiger partial charge >= 0.3 is 6.03 Å². The van der Waals surface area contributed by atoms with Gasteiger partial charge in [-0.1, -0.05) is 30.0 Å². The van der Waals surface area contributed by atoms with Crippen LogP contribution in [0.5, 0.6) is 0 Å². The van der Waals surface area contributed by atoms with E-state index >= 15 is 0 Å². The van der Waals surface area contributed by atoms with Gasteiger partial charge in [0, 0.05) is 11.7 Å². The zero-order valence-electron chi connectivity index (χ0n) is 13.5. The Labute approximate surface area is 136 Å². The highest BCUT2D eigenvalue weighted by atomic mass is 32.2. The summed E-state index contributed by atoms with van der Waals surface area (Å²) in [6.45, 7) is 7.59. The number of carbonyl (C=O) groups is 1. The Hall–Kier alpha value is -1.53. The summed E-state index contributed by atoms with van der Waals surface area (Å²) in [4.78, 5) is 20.9. The molecule has 0 atom stereocenters. The molecule has 2 rings (SSSR count). The maximum atomic E-state index is 12.8. The first-order chi connectivity index (χ1) is 10.4. The van der Waals surface area contributed by atoms with E-state index in [0.29, 0.717) is 11.0 Å². The van der Waals surface area contributed by atoms with Crippen molar-refractivity contribution in [3.63, 3.8) is 0 Å². The number of benzene rings is 1. The number of carbonyl (C=O) groups excluding carboxylic acids is 1. The third kappa shape index (κ3) is 3.62. The minimum absolute atomic E-state index is 0.000227. The van der Waals surface area contributed by atoms with E-state index in [9.17, 15) is 9.90 Å². The normalized spacial score (nSPS) is 18.5.